The van der Waals surface area contributed by atoms with Crippen LogP contribution in [0.3, 0.4) is 0 Å². The van der Waals surface area contributed by atoms with Crippen molar-refractivity contribution < 1.29 is 5.11 Å². The van der Waals surface area contributed by atoms with E-state index in [-0.39, 0.29) is 0 Å². The number of phenols is 1. The van der Waals surface area contributed by atoms with Gasteiger partial charge in [-0.25, -0.2) is 0 Å². The summed E-state index contributed by atoms with van der Waals surface area (Å²) in [5.41, 5.74) is 5.40. The Morgan fingerprint density at radius 3 is 2.58 bits per heavy atom. The molecule has 2 nitrogen and oxygen atoms in total. The molecule has 1 aliphatic heterocycles. The molecule has 104 valence electrons. The number of fused-ring (bicyclic) bond motifs is 1. The van der Waals surface area contributed by atoms with Crippen LogP contribution in [0, 0.1) is 6.92 Å². The van der Waals surface area contributed by atoms with E-state index in [1.165, 1.54) is 54.4 Å². The quantitative estimate of drug-likeness (QED) is 0.823. The Bertz CT molecular complexity index is 492. The summed E-state index contributed by atoms with van der Waals surface area (Å²) < 4.78 is 0.966. The Labute approximate surface area is 123 Å². The highest BCUT2D eigenvalue weighted by molar-refractivity contribution is 9.10. The fourth-order valence-electron chi connectivity index (χ4n) is 3.76. The number of hydrogen-bond acceptors (Lipinski definition) is 2. The van der Waals surface area contributed by atoms with Gasteiger partial charge < -0.3 is 10.4 Å². The second-order valence-corrected chi connectivity index (χ2v) is 6.70. The van der Waals surface area contributed by atoms with E-state index in [9.17, 15) is 5.11 Å². The van der Waals surface area contributed by atoms with Gasteiger partial charge in [-0.2, -0.15) is 0 Å². The lowest BCUT2D eigenvalue weighted by molar-refractivity contribution is 0.420. The zero-order chi connectivity index (χ0) is 13.4. The summed E-state index contributed by atoms with van der Waals surface area (Å²) in [4.78, 5) is 0. The average molecular weight is 324 g/mol. The maximum Gasteiger partial charge on any atom is 0.133 e. The summed E-state index contributed by atoms with van der Waals surface area (Å²) in [6.45, 7) is 4.32. The first-order chi connectivity index (χ1) is 9.20. The van der Waals surface area contributed by atoms with Gasteiger partial charge in [-0.3, -0.25) is 0 Å². The number of piperidine rings is 1. The molecule has 3 heteroatoms. The smallest absolute Gasteiger partial charge is 0.133 e. The number of benzene rings is 1. The van der Waals surface area contributed by atoms with Gasteiger partial charge in [0, 0.05) is 18.0 Å². The zero-order valence-electron chi connectivity index (χ0n) is 11.6. The Morgan fingerprint density at radius 1 is 1.16 bits per heavy atom. The largest absolute Gasteiger partial charge is 0.506 e. The van der Waals surface area contributed by atoms with Gasteiger partial charge in [-0.05, 0) is 84.6 Å². The van der Waals surface area contributed by atoms with E-state index in [1.54, 1.807) is 0 Å². The molecule has 1 atom stereocenters. The monoisotopic (exact) mass is 323 g/mol. The van der Waals surface area contributed by atoms with Crippen molar-refractivity contribution in [3.63, 3.8) is 0 Å². The van der Waals surface area contributed by atoms with Gasteiger partial charge >= 0.3 is 0 Å². The van der Waals surface area contributed by atoms with Gasteiger partial charge in [-0.1, -0.05) is 0 Å². The summed E-state index contributed by atoms with van der Waals surface area (Å²) in [6.07, 6.45) is 7.20. The van der Waals surface area contributed by atoms with Crippen molar-refractivity contribution >= 4 is 15.9 Å². The molecular formula is C16H22BrNO. The van der Waals surface area contributed by atoms with E-state index in [4.69, 9.17) is 0 Å². The van der Waals surface area contributed by atoms with E-state index in [1.807, 2.05) is 0 Å². The number of hydrogen-bond donors (Lipinski definition) is 2. The number of halogens is 1. The molecule has 2 aliphatic rings. The predicted octanol–water partition coefficient (Wildman–Crippen LogP) is 3.81. The van der Waals surface area contributed by atoms with Crippen molar-refractivity contribution in [1.29, 1.82) is 0 Å². The third-order valence-corrected chi connectivity index (χ3v) is 5.61. The van der Waals surface area contributed by atoms with Crippen LogP contribution in [0.25, 0.3) is 0 Å². The molecule has 0 spiro atoms. The summed E-state index contributed by atoms with van der Waals surface area (Å²) in [5.74, 6) is 0.976. The van der Waals surface area contributed by atoms with Crippen molar-refractivity contribution in [3.05, 3.63) is 26.7 Å². The van der Waals surface area contributed by atoms with Crippen LogP contribution in [0.1, 0.15) is 53.9 Å². The molecule has 2 N–H and O–H groups in total. The molecule has 0 saturated carbocycles. The second-order valence-electron chi connectivity index (χ2n) is 5.91. The van der Waals surface area contributed by atoms with E-state index >= 15 is 0 Å². The van der Waals surface area contributed by atoms with Crippen LogP contribution >= 0.6 is 15.9 Å². The summed E-state index contributed by atoms with van der Waals surface area (Å²) in [5, 5.41) is 14.1. The number of aromatic hydroxyl groups is 1. The highest BCUT2D eigenvalue weighted by Crippen LogP contribution is 2.44. The van der Waals surface area contributed by atoms with Gasteiger partial charge in [0.05, 0.1) is 4.47 Å². The van der Waals surface area contributed by atoms with E-state index < -0.39 is 0 Å². The maximum atomic E-state index is 10.6. The normalized spacial score (nSPS) is 23.2. The fraction of sp³-hybridized carbons (Fsp3) is 0.625. The molecule has 1 aromatic carbocycles. The molecule has 0 radical (unpaired) electrons. The SMILES string of the molecule is Cc1c2c(c(Br)c(O)c1C1CCCNC1)CCCC2. The molecule has 0 amide bonds. The van der Waals surface area contributed by atoms with Crippen LogP contribution < -0.4 is 5.32 Å². The molecule has 1 saturated heterocycles. The zero-order valence-corrected chi connectivity index (χ0v) is 13.1. The van der Waals surface area contributed by atoms with Crippen molar-refractivity contribution in [1.82, 2.24) is 5.32 Å². The van der Waals surface area contributed by atoms with Crippen LogP contribution in [-0.2, 0) is 12.8 Å². The Balaban J connectivity index is 2.10. The van der Waals surface area contributed by atoms with Crippen LogP contribution in [-0.4, -0.2) is 18.2 Å². The summed E-state index contributed by atoms with van der Waals surface area (Å²) in [6, 6.07) is 0. The standard InChI is InChI=1S/C16H22BrNO/c1-10-12-6-2-3-7-13(12)15(17)16(19)14(10)11-5-4-8-18-9-11/h11,18-19H,2-9H2,1H3. The van der Waals surface area contributed by atoms with Crippen LogP contribution in [0.15, 0.2) is 4.47 Å². The third-order valence-electron chi connectivity index (χ3n) is 4.76. The van der Waals surface area contributed by atoms with E-state index in [2.05, 4.69) is 28.2 Å². The van der Waals surface area contributed by atoms with Crippen molar-refractivity contribution in [2.24, 2.45) is 0 Å². The molecule has 1 fully saturated rings. The summed E-state index contributed by atoms with van der Waals surface area (Å²) >= 11 is 3.65. The molecular weight excluding hydrogens is 302 g/mol. The Morgan fingerprint density at radius 2 is 1.89 bits per heavy atom. The fourth-order valence-corrected chi connectivity index (χ4v) is 4.41. The lowest BCUT2D eigenvalue weighted by Gasteiger charge is -2.30. The highest BCUT2D eigenvalue weighted by atomic mass is 79.9. The minimum Gasteiger partial charge on any atom is -0.506 e. The predicted molar refractivity (Wildman–Crippen MR) is 82.0 cm³/mol. The first-order valence-electron chi connectivity index (χ1n) is 7.43. The highest BCUT2D eigenvalue weighted by Gasteiger charge is 2.27. The molecule has 1 unspecified atom stereocenters. The molecule has 19 heavy (non-hydrogen) atoms. The Kier molecular flexibility index (Phi) is 3.86. The average Bonchev–Trinajstić information content (AvgIpc) is 2.46. The van der Waals surface area contributed by atoms with Crippen LogP contribution in [0.2, 0.25) is 0 Å². The van der Waals surface area contributed by atoms with Gasteiger partial charge in [0.1, 0.15) is 5.75 Å². The first kappa shape index (κ1) is 13.4. The van der Waals surface area contributed by atoms with Crippen molar-refractivity contribution in [2.45, 2.75) is 51.4 Å². The van der Waals surface area contributed by atoms with Gasteiger partial charge in [-0.15, -0.1) is 0 Å². The van der Waals surface area contributed by atoms with Crippen LogP contribution in [0.4, 0.5) is 0 Å². The maximum absolute atomic E-state index is 10.6. The van der Waals surface area contributed by atoms with Crippen LogP contribution in [0.5, 0.6) is 5.75 Å². The number of nitrogens with one attached hydrogen (secondary N) is 1. The molecule has 0 aromatic heterocycles. The van der Waals surface area contributed by atoms with Crippen molar-refractivity contribution in [2.75, 3.05) is 13.1 Å². The number of phenolic OH excluding ortho intramolecular Hbond substituents is 1. The first-order valence-corrected chi connectivity index (χ1v) is 8.22. The molecule has 1 heterocycles. The molecule has 1 aliphatic carbocycles. The Hall–Kier alpha value is -0.540. The van der Waals surface area contributed by atoms with E-state index in [0.717, 1.165) is 24.0 Å². The summed E-state index contributed by atoms with van der Waals surface area (Å²) in [7, 11) is 0. The lowest BCUT2D eigenvalue weighted by atomic mass is 9.80. The number of rotatable bonds is 1. The molecule has 3 rings (SSSR count). The van der Waals surface area contributed by atoms with Crippen molar-refractivity contribution in [3.8, 4) is 5.75 Å². The van der Waals surface area contributed by atoms with Gasteiger partial charge in [0.15, 0.2) is 0 Å². The molecule has 1 aromatic rings. The third kappa shape index (κ3) is 2.31. The lowest BCUT2D eigenvalue weighted by Crippen LogP contribution is -2.29. The second kappa shape index (κ2) is 5.45. The topological polar surface area (TPSA) is 32.3 Å². The molecule has 0 bridgehead atoms. The van der Waals surface area contributed by atoms with E-state index in [0.29, 0.717) is 11.7 Å². The minimum absolute atomic E-state index is 0.470. The minimum atomic E-state index is 0.470. The van der Waals surface area contributed by atoms with Gasteiger partial charge in [0.25, 0.3) is 0 Å². The van der Waals surface area contributed by atoms with Gasteiger partial charge in [0.2, 0.25) is 0 Å².